The molecule has 0 atom stereocenters. The Kier molecular flexibility index (Phi) is 8.74. The lowest BCUT2D eigenvalue weighted by Crippen LogP contribution is -2.39. The molecule has 0 spiro atoms. The van der Waals surface area contributed by atoms with Crippen molar-refractivity contribution in [3.05, 3.63) is 0 Å². The van der Waals surface area contributed by atoms with Crippen LogP contribution in [0.25, 0.3) is 0 Å². The minimum Gasteiger partial charge on any atom is -0.356 e. The smallest absolute Gasteiger partial charge is 0.213 e. The van der Waals surface area contributed by atoms with Gasteiger partial charge in [0.25, 0.3) is 0 Å². The fourth-order valence-electron chi connectivity index (χ4n) is 1.33. The zero-order valence-corrected chi connectivity index (χ0v) is 12.7. The maximum atomic E-state index is 11.5. The molecule has 108 valence electrons. The van der Waals surface area contributed by atoms with Gasteiger partial charge in [-0.15, -0.1) is 0 Å². The topological polar surface area (TPSA) is 73.8 Å². The van der Waals surface area contributed by atoms with Crippen LogP contribution in [-0.2, 0) is 10.0 Å². The molecule has 0 rings (SSSR count). The standard InChI is InChI=1S/C11H26N4O2S/c1-5-8-13-11(12-3)14-9-7-10-15(4)18(16,17)6-2/h5-10H2,1-4H3,(H2,12,13,14). The highest BCUT2D eigenvalue weighted by molar-refractivity contribution is 7.89. The van der Waals surface area contributed by atoms with Crippen molar-refractivity contribution in [2.75, 3.05) is 39.5 Å². The van der Waals surface area contributed by atoms with E-state index in [1.807, 2.05) is 0 Å². The number of guanidine groups is 1. The highest BCUT2D eigenvalue weighted by Gasteiger charge is 2.13. The van der Waals surface area contributed by atoms with Gasteiger partial charge in [0.15, 0.2) is 5.96 Å². The Labute approximate surface area is 111 Å². The summed E-state index contributed by atoms with van der Waals surface area (Å²) >= 11 is 0. The van der Waals surface area contributed by atoms with Crippen molar-refractivity contribution in [1.82, 2.24) is 14.9 Å². The van der Waals surface area contributed by atoms with Crippen molar-refractivity contribution in [2.45, 2.75) is 26.7 Å². The van der Waals surface area contributed by atoms with E-state index in [0.717, 1.165) is 25.3 Å². The SMILES string of the molecule is CCCNC(=NC)NCCCN(C)S(=O)(=O)CC. The van der Waals surface area contributed by atoms with Crippen LogP contribution in [0.5, 0.6) is 0 Å². The van der Waals surface area contributed by atoms with E-state index < -0.39 is 10.0 Å². The molecule has 6 nitrogen and oxygen atoms in total. The van der Waals surface area contributed by atoms with Gasteiger partial charge in [0, 0.05) is 33.7 Å². The number of nitrogens with one attached hydrogen (secondary N) is 2. The molecule has 0 aliphatic carbocycles. The molecule has 0 radical (unpaired) electrons. The summed E-state index contributed by atoms with van der Waals surface area (Å²) in [7, 11) is 0.276. The maximum Gasteiger partial charge on any atom is 0.213 e. The van der Waals surface area contributed by atoms with Crippen LogP contribution in [-0.4, -0.2) is 58.2 Å². The summed E-state index contributed by atoms with van der Waals surface area (Å²) in [5.41, 5.74) is 0. The molecule has 0 bridgehead atoms. The van der Waals surface area contributed by atoms with E-state index in [0.29, 0.717) is 13.1 Å². The van der Waals surface area contributed by atoms with E-state index in [1.165, 1.54) is 4.31 Å². The number of sulfonamides is 1. The predicted molar refractivity (Wildman–Crippen MR) is 76.4 cm³/mol. The first-order chi connectivity index (χ1) is 8.47. The van der Waals surface area contributed by atoms with Gasteiger partial charge in [-0.2, -0.15) is 0 Å². The summed E-state index contributed by atoms with van der Waals surface area (Å²) in [6.45, 7) is 5.84. The van der Waals surface area contributed by atoms with Crippen molar-refractivity contribution in [3.8, 4) is 0 Å². The molecule has 0 amide bonds. The van der Waals surface area contributed by atoms with Crippen LogP contribution in [0.15, 0.2) is 4.99 Å². The molecule has 0 aromatic heterocycles. The Hall–Kier alpha value is -0.820. The highest BCUT2D eigenvalue weighted by atomic mass is 32.2. The normalized spacial score (nSPS) is 12.8. The van der Waals surface area contributed by atoms with Gasteiger partial charge in [-0.05, 0) is 19.8 Å². The quantitative estimate of drug-likeness (QED) is 0.379. The first-order valence-corrected chi connectivity index (χ1v) is 7.97. The lowest BCUT2D eigenvalue weighted by atomic mass is 10.4. The first kappa shape index (κ1) is 17.2. The summed E-state index contributed by atoms with van der Waals surface area (Å²) in [5, 5.41) is 6.30. The van der Waals surface area contributed by atoms with Crippen LogP contribution in [0.2, 0.25) is 0 Å². The summed E-state index contributed by atoms with van der Waals surface area (Å²) in [6, 6.07) is 0. The second-order valence-corrected chi connectivity index (χ2v) is 6.37. The lowest BCUT2D eigenvalue weighted by Gasteiger charge is -2.16. The third-order valence-electron chi connectivity index (χ3n) is 2.55. The zero-order valence-electron chi connectivity index (χ0n) is 11.9. The Morgan fingerprint density at radius 3 is 2.33 bits per heavy atom. The van der Waals surface area contributed by atoms with E-state index >= 15 is 0 Å². The molecule has 0 heterocycles. The summed E-state index contributed by atoms with van der Waals surface area (Å²) in [5.74, 6) is 0.911. The van der Waals surface area contributed by atoms with Gasteiger partial charge in [0.1, 0.15) is 0 Å². The molecular formula is C11H26N4O2S. The van der Waals surface area contributed by atoms with Gasteiger partial charge in [-0.1, -0.05) is 6.92 Å². The summed E-state index contributed by atoms with van der Waals surface area (Å²) < 4.78 is 24.4. The van der Waals surface area contributed by atoms with Crippen LogP contribution < -0.4 is 10.6 Å². The molecule has 7 heteroatoms. The van der Waals surface area contributed by atoms with Crippen molar-refractivity contribution in [2.24, 2.45) is 4.99 Å². The van der Waals surface area contributed by atoms with Gasteiger partial charge in [0.05, 0.1) is 5.75 Å². The predicted octanol–water partition coefficient (Wildman–Crippen LogP) is 0.233. The number of aliphatic imine (C=N–C) groups is 1. The van der Waals surface area contributed by atoms with Crippen molar-refractivity contribution < 1.29 is 8.42 Å². The Balaban J connectivity index is 3.86. The number of rotatable bonds is 8. The fraction of sp³-hybridized carbons (Fsp3) is 0.909. The van der Waals surface area contributed by atoms with Gasteiger partial charge in [0.2, 0.25) is 10.0 Å². The minimum atomic E-state index is -3.06. The third-order valence-corrected chi connectivity index (χ3v) is 4.41. The largest absolute Gasteiger partial charge is 0.356 e. The molecular weight excluding hydrogens is 252 g/mol. The maximum absolute atomic E-state index is 11.5. The van der Waals surface area contributed by atoms with Gasteiger partial charge in [-0.25, -0.2) is 12.7 Å². The van der Waals surface area contributed by atoms with Crippen molar-refractivity contribution in [3.63, 3.8) is 0 Å². The number of hydrogen-bond donors (Lipinski definition) is 2. The summed E-state index contributed by atoms with van der Waals surface area (Å²) in [4.78, 5) is 4.07. The van der Waals surface area contributed by atoms with Crippen molar-refractivity contribution >= 4 is 16.0 Å². The molecule has 0 fully saturated rings. The van der Waals surface area contributed by atoms with Crippen LogP contribution >= 0.6 is 0 Å². The second kappa shape index (κ2) is 9.16. The average Bonchev–Trinajstić information content (AvgIpc) is 2.37. The molecule has 0 aromatic rings. The number of hydrogen-bond acceptors (Lipinski definition) is 3. The average molecular weight is 278 g/mol. The second-order valence-electron chi connectivity index (χ2n) is 4.00. The van der Waals surface area contributed by atoms with Crippen LogP contribution in [0, 0.1) is 0 Å². The molecule has 0 aliphatic heterocycles. The third kappa shape index (κ3) is 6.80. The van der Waals surface area contributed by atoms with Crippen LogP contribution in [0.3, 0.4) is 0 Å². The van der Waals surface area contributed by atoms with Crippen LogP contribution in [0.1, 0.15) is 26.7 Å². The molecule has 0 aliphatic rings. The first-order valence-electron chi connectivity index (χ1n) is 6.36. The van der Waals surface area contributed by atoms with Crippen LogP contribution in [0.4, 0.5) is 0 Å². The molecule has 0 saturated carbocycles. The van der Waals surface area contributed by atoms with E-state index in [9.17, 15) is 8.42 Å². The molecule has 0 saturated heterocycles. The minimum absolute atomic E-state index is 0.149. The molecule has 18 heavy (non-hydrogen) atoms. The molecule has 0 aromatic carbocycles. The fourth-order valence-corrected chi connectivity index (χ4v) is 2.18. The van der Waals surface area contributed by atoms with E-state index in [1.54, 1.807) is 21.0 Å². The zero-order chi connectivity index (χ0) is 14.0. The summed E-state index contributed by atoms with van der Waals surface area (Å²) in [6.07, 6.45) is 1.79. The lowest BCUT2D eigenvalue weighted by molar-refractivity contribution is 0.461. The number of nitrogens with zero attached hydrogens (tertiary/aromatic N) is 2. The Morgan fingerprint density at radius 2 is 1.83 bits per heavy atom. The van der Waals surface area contributed by atoms with Gasteiger partial charge < -0.3 is 10.6 Å². The van der Waals surface area contributed by atoms with E-state index in [-0.39, 0.29) is 5.75 Å². The van der Waals surface area contributed by atoms with E-state index in [4.69, 9.17) is 0 Å². The Morgan fingerprint density at radius 1 is 1.22 bits per heavy atom. The highest BCUT2D eigenvalue weighted by Crippen LogP contribution is 1.98. The van der Waals surface area contributed by atoms with Crippen molar-refractivity contribution in [1.29, 1.82) is 0 Å². The Bertz CT molecular complexity index is 341. The van der Waals surface area contributed by atoms with Gasteiger partial charge >= 0.3 is 0 Å². The van der Waals surface area contributed by atoms with Gasteiger partial charge in [-0.3, -0.25) is 4.99 Å². The van der Waals surface area contributed by atoms with E-state index in [2.05, 4.69) is 22.5 Å². The molecule has 2 N–H and O–H groups in total. The monoisotopic (exact) mass is 278 g/mol. The molecule has 0 unspecified atom stereocenters.